The monoisotopic (exact) mass is 444 g/mol. The fraction of sp³-hybridized carbons (Fsp3) is 0.360. The normalized spacial score (nSPS) is 15.5. The van der Waals surface area contributed by atoms with E-state index < -0.39 is 0 Å². The highest BCUT2D eigenvalue weighted by atomic mass is 16.5. The van der Waals surface area contributed by atoms with Gasteiger partial charge >= 0.3 is 0 Å². The fourth-order valence-electron chi connectivity index (χ4n) is 4.61. The number of benzene rings is 2. The number of likely N-dealkylation sites (tertiary alicyclic amines) is 1. The van der Waals surface area contributed by atoms with Crippen LogP contribution >= 0.6 is 0 Å². The van der Waals surface area contributed by atoms with E-state index in [-0.39, 0.29) is 11.6 Å². The number of fused-ring (bicyclic) bond motifs is 1. The van der Waals surface area contributed by atoms with Gasteiger partial charge in [0.15, 0.2) is 5.82 Å². The third-order valence-electron chi connectivity index (χ3n) is 6.19. The van der Waals surface area contributed by atoms with E-state index >= 15 is 0 Å². The number of hydrogen-bond acceptors (Lipinski definition) is 6. The molecule has 0 radical (unpaired) electrons. The zero-order chi connectivity index (χ0) is 22.6. The predicted octanol–water partition coefficient (Wildman–Crippen LogP) is 3.54. The second-order valence-electron chi connectivity index (χ2n) is 8.42. The molecule has 170 valence electrons. The summed E-state index contributed by atoms with van der Waals surface area (Å²) in [7, 11) is 0. The van der Waals surface area contributed by atoms with Crippen molar-refractivity contribution in [3.63, 3.8) is 0 Å². The molecule has 8 heteroatoms. The number of hydrogen-bond donors (Lipinski definition) is 1. The molecule has 0 bridgehead atoms. The van der Waals surface area contributed by atoms with Crippen molar-refractivity contribution < 1.29 is 4.74 Å². The van der Waals surface area contributed by atoms with Crippen LogP contribution in [0.2, 0.25) is 0 Å². The highest BCUT2D eigenvalue weighted by Crippen LogP contribution is 2.30. The van der Waals surface area contributed by atoms with Gasteiger partial charge in [-0.2, -0.15) is 0 Å². The molecule has 1 atom stereocenters. The van der Waals surface area contributed by atoms with E-state index in [9.17, 15) is 4.79 Å². The molecule has 1 aliphatic heterocycles. The van der Waals surface area contributed by atoms with E-state index in [0.717, 1.165) is 48.1 Å². The summed E-state index contributed by atoms with van der Waals surface area (Å²) in [4.78, 5) is 18.7. The molecule has 0 spiro atoms. The fourth-order valence-corrected chi connectivity index (χ4v) is 4.61. The molecular weight excluding hydrogens is 416 g/mol. The molecule has 2 aromatic carbocycles. The van der Waals surface area contributed by atoms with Crippen LogP contribution in [-0.4, -0.2) is 49.8 Å². The molecule has 1 saturated heterocycles. The molecule has 0 saturated carbocycles. The highest BCUT2D eigenvalue weighted by molar-refractivity contribution is 5.80. The minimum atomic E-state index is -0.326. The van der Waals surface area contributed by atoms with Crippen LogP contribution in [0.1, 0.15) is 49.2 Å². The predicted molar refractivity (Wildman–Crippen MR) is 126 cm³/mol. The Kier molecular flexibility index (Phi) is 6.17. The smallest absolute Gasteiger partial charge is 0.253 e. The Labute approximate surface area is 192 Å². The Balaban J connectivity index is 1.61. The van der Waals surface area contributed by atoms with Gasteiger partial charge in [-0.25, -0.2) is 4.68 Å². The molecule has 1 N–H and O–H groups in total. The van der Waals surface area contributed by atoms with Crippen molar-refractivity contribution >= 4 is 10.9 Å². The third-order valence-corrected chi connectivity index (χ3v) is 6.19. The summed E-state index contributed by atoms with van der Waals surface area (Å²) in [5.41, 5.74) is 2.43. The molecule has 33 heavy (non-hydrogen) atoms. The number of nitrogens with one attached hydrogen (secondary N) is 1. The Hall–Kier alpha value is -3.52. The SMILES string of the molecule is CCOc1ccc2[nH]c(=O)c(C(c3nnnn3Cc3ccccc3)N3CCCCC3)cc2c1. The van der Waals surface area contributed by atoms with Gasteiger partial charge in [0.25, 0.3) is 5.56 Å². The third kappa shape index (κ3) is 4.52. The number of ether oxygens (including phenoxy) is 1. The van der Waals surface area contributed by atoms with E-state index in [2.05, 4.69) is 37.5 Å². The largest absolute Gasteiger partial charge is 0.494 e. The Morgan fingerprint density at radius 1 is 1.06 bits per heavy atom. The number of piperidine rings is 1. The van der Waals surface area contributed by atoms with Gasteiger partial charge in [-0.05, 0) is 73.1 Å². The molecule has 1 unspecified atom stereocenters. The van der Waals surface area contributed by atoms with Crippen molar-refractivity contribution in [1.82, 2.24) is 30.1 Å². The standard InChI is InChI=1S/C25H28N6O2/c1-2-33-20-11-12-22-19(15-20)16-21(25(32)26-22)23(30-13-7-4-8-14-30)24-27-28-29-31(24)17-18-9-5-3-6-10-18/h3,5-6,9-12,15-16,23H,2,4,7-8,13-14,17H2,1H3,(H,26,32). The first-order chi connectivity index (χ1) is 16.2. The number of aromatic nitrogens is 5. The summed E-state index contributed by atoms with van der Waals surface area (Å²) in [6, 6.07) is 17.5. The van der Waals surface area contributed by atoms with Crippen LogP contribution in [0.15, 0.2) is 59.4 Å². The van der Waals surface area contributed by atoms with Crippen molar-refractivity contribution in [3.8, 4) is 5.75 Å². The van der Waals surface area contributed by atoms with Gasteiger partial charge in [-0.3, -0.25) is 9.69 Å². The van der Waals surface area contributed by atoms with Gasteiger partial charge in [0.05, 0.1) is 13.2 Å². The van der Waals surface area contributed by atoms with Crippen molar-refractivity contribution in [3.05, 3.63) is 81.9 Å². The lowest BCUT2D eigenvalue weighted by Crippen LogP contribution is -2.38. The molecule has 3 heterocycles. The highest BCUT2D eigenvalue weighted by Gasteiger charge is 2.31. The lowest BCUT2D eigenvalue weighted by atomic mass is 10.0. The Morgan fingerprint density at radius 2 is 1.88 bits per heavy atom. The van der Waals surface area contributed by atoms with Gasteiger partial charge in [-0.1, -0.05) is 36.8 Å². The molecule has 0 amide bonds. The summed E-state index contributed by atoms with van der Waals surface area (Å²) in [5, 5.41) is 13.6. The summed E-state index contributed by atoms with van der Waals surface area (Å²) >= 11 is 0. The lowest BCUT2D eigenvalue weighted by molar-refractivity contribution is 0.177. The van der Waals surface area contributed by atoms with Gasteiger partial charge in [0.2, 0.25) is 0 Å². The minimum absolute atomic E-state index is 0.114. The van der Waals surface area contributed by atoms with Gasteiger partial charge < -0.3 is 9.72 Å². The topological polar surface area (TPSA) is 88.9 Å². The zero-order valence-electron chi connectivity index (χ0n) is 18.8. The molecule has 2 aromatic heterocycles. The minimum Gasteiger partial charge on any atom is -0.494 e. The van der Waals surface area contributed by atoms with Crippen molar-refractivity contribution in [2.45, 2.75) is 38.8 Å². The van der Waals surface area contributed by atoms with E-state index in [1.165, 1.54) is 6.42 Å². The molecule has 0 aliphatic carbocycles. The first kappa shape index (κ1) is 21.3. The number of pyridine rings is 1. The van der Waals surface area contributed by atoms with E-state index in [0.29, 0.717) is 24.5 Å². The average Bonchev–Trinajstić information content (AvgIpc) is 3.29. The Morgan fingerprint density at radius 3 is 2.67 bits per heavy atom. The molecule has 1 fully saturated rings. The van der Waals surface area contributed by atoms with Gasteiger partial charge in [-0.15, -0.1) is 5.10 Å². The van der Waals surface area contributed by atoms with Crippen LogP contribution in [0.3, 0.4) is 0 Å². The quantitative estimate of drug-likeness (QED) is 0.469. The van der Waals surface area contributed by atoms with Crippen LogP contribution in [0.25, 0.3) is 10.9 Å². The molecule has 5 rings (SSSR count). The summed E-state index contributed by atoms with van der Waals surface area (Å²) < 4.78 is 7.49. The number of nitrogens with zero attached hydrogens (tertiary/aromatic N) is 5. The lowest BCUT2D eigenvalue weighted by Gasteiger charge is -2.33. The van der Waals surface area contributed by atoms with E-state index in [4.69, 9.17) is 4.74 Å². The van der Waals surface area contributed by atoms with Crippen LogP contribution in [-0.2, 0) is 6.54 Å². The number of tetrazole rings is 1. The maximum atomic E-state index is 13.3. The van der Waals surface area contributed by atoms with Crippen LogP contribution in [0.5, 0.6) is 5.75 Å². The van der Waals surface area contributed by atoms with Crippen molar-refractivity contribution in [2.75, 3.05) is 19.7 Å². The summed E-state index contributed by atoms with van der Waals surface area (Å²) in [5.74, 6) is 1.47. The van der Waals surface area contributed by atoms with E-state index in [1.54, 1.807) is 0 Å². The van der Waals surface area contributed by atoms with Gasteiger partial charge in [0, 0.05) is 16.5 Å². The number of H-pyrrole nitrogens is 1. The van der Waals surface area contributed by atoms with Crippen molar-refractivity contribution in [2.24, 2.45) is 0 Å². The first-order valence-corrected chi connectivity index (χ1v) is 11.6. The molecule has 8 nitrogen and oxygen atoms in total. The number of rotatable bonds is 7. The van der Waals surface area contributed by atoms with Gasteiger partial charge in [0.1, 0.15) is 11.8 Å². The van der Waals surface area contributed by atoms with Crippen molar-refractivity contribution in [1.29, 1.82) is 0 Å². The molecule has 1 aliphatic rings. The first-order valence-electron chi connectivity index (χ1n) is 11.6. The maximum Gasteiger partial charge on any atom is 0.253 e. The van der Waals surface area contributed by atoms with Crippen LogP contribution < -0.4 is 10.3 Å². The number of aromatic amines is 1. The second kappa shape index (κ2) is 9.54. The zero-order valence-corrected chi connectivity index (χ0v) is 18.8. The van der Waals surface area contributed by atoms with E-state index in [1.807, 2.05) is 54.1 Å². The van der Waals surface area contributed by atoms with Crippen LogP contribution in [0, 0.1) is 0 Å². The molecular formula is C25H28N6O2. The summed E-state index contributed by atoms with van der Waals surface area (Å²) in [6.07, 6.45) is 3.39. The summed E-state index contributed by atoms with van der Waals surface area (Å²) in [6.45, 7) is 4.90. The van der Waals surface area contributed by atoms with Crippen LogP contribution in [0.4, 0.5) is 0 Å². The Bertz CT molecular complexity index is 1280. The molecule has 4 aromatic rings. The average molecular weight is 445 g/mol. The maximum absolute atomic E-state index is 13.3. The second-order valence-corrected chi connectivity index (χ2v) is 8.42.